The van der Waals surface area contributed by atoms with E-state index in [-0.39, 0.29) is 13.0 Å². The molecule has 8 nitrogen and oxygen atoms in total. The Labute approximate surface area is 137 Å². The van der Waals surface area contributed by atoms with Crippen LogP contribution >= 0.6 is 0 Å². The van der Waals surface area contributed by atoms with Gasteiger partial charge in [0.1, 0.15) is 17.2 Å². The lowest BCUT2D eigenvalue weighted by molar-refractivity contribution is -0.143. The minimum Gasteiger partial charge on any atom is -0.467 e. The molecule has 1 unspecified atom stereocenters. The van der Waals surface area contributed by atoms with E-state index in [1.165, 1.54) is 7.11 Å². The van der Waals surface area contributed by atoms with Gasteiger partial charge in [-0.2, -0.15) is 0 Å². The maximum absolute atomic E-state index is 11.7. The van der Waals surface area contributed by atoms with Gasteiger partial charge in [0.15, 0.2) is 0 Å². The zero-order valence-corrected chi connectivity index (χ0v) is 14.9. The number of carbonyl (C=O) groups excluding carboxylic acids is 3. The van der Waals surface area contributed by atoms with Crippen LogP contribution in [0.25, 0.3) is 0 Å². The van der Waals surface area contributed by atoms with Crippen LogP contribution in [0.1, 0.15) is 48.0 Å². The highest BCUT2D eigenvalue weighted by Crippen LogP contribution is 2.08. The molecule has 8 heteroatoms. The van der Waals surface area contributed by atoms with Crippen molar-refractivity contribution >= 4 is 18.2 Å². The Bertz CT molecular complexity index is 423. The second kappa shape index (κ2) is 8.59. The van der Waals surface area contributed by atoms with Crippen LogP contribution in [0.4, 0.5) is 9.59 Å². The summed E-state index contributed by atoms with van der Waals surface area (Å²) in [6.07, 6.45) is -1.19. The number of rotatable bonds is 5. The number of esters is 1. The van der Waals surface area contributed by atoms with E-state index >= 15 is 0 Å². The number of amides is 2. The summed E-state index contributed by atoms with van der Waals surface area (Å²) in [4.78, 5) is 34.9. The van der Waals surface area contributed by atoms with Crippen molar-refractivity contribution in [3.8, 4) is 0 Å². The van der Waals surface area contributed by atoms with Crippen molar-refractivity contribution in [2.75, 3.05) is 13.7 Å². The fourth-order valence-electron chi connectivity index (χ4n) is 1.47. The lowest BCUT2D eigenvalue weighted by atomic mass is 10.2. The lowest BCUT2D eigenvalue weighted by Gasteiger charge is -2.23. The van der Waals surface area contributed by atoms with E-state index in [0.717, 1.165) is 0 Å². The molecule has 0 spiro atoms. The van der Waals surface area contributed by atoms with Gasteiger partial charge in [-0.05, 0) is 48.0 Å². The van der Waals surface area contributed by atoms with Gasteiger partial charge in [-0.3, -0.25) is 0 Å². The second-order valence-corrected chi connectivity index (χ2v) is 6.94. The first-order chi connectivity index (χ1) is 10.3. The average Bonchev–Trinajstić information content (AvgIpc) is 2.32. The van der Waals surface area contributed by atoms with Gasteiger partial charge in [0.05, 0.1) is 7.11 Å². The van der Waals surface area contributed by atoms with Crippen molar-refractivity contribution in [3.63, 3.8) is 0 Å². The van der Waals surface area contributed by atoms with Crippen LogP contribution in [0.2, 0.25) is 0 Å². The third kappa shape index (κ3) is 11.3. The molecule has 0 aliphatic carbocycles. The Balaban J connectivity index is 4.45. The topological polar surface area (TPSA) is 103 Å². The third-order valence-electron chi connectivity index (χ3n) is 2.28. The molecule has 134 valence electrons. The molecular weight excluding hydrogens is 304 g/mol. The van der Waals surface area contributed by atoms with Crippen LogP contribution in [-0.2, 0) is 19.0 Å². The fourth-order valence-corrected chi connectivity index (χ4v) is 1.47. The van der Waals surface area contributed by atoms with Crippen molar-refractivity contribution in [2.45, 2.75) is 65.2 Å². The molecule has 2 N–H and O–H groups in total. The Morgan fingerprint density at radius 3 is 1.83 bits per heavy atom. The quantitative estimate of drug-likeness (QED) is 0.589. The Morgan fingerprint density at radius 1 is 0.913 bits per heavy atom. The number of ether oxygens (including phenoxy) is 3. The maximum atomic E-state index is 11.7. The molecule has 0 aromatic heterocycles. The van der Waals surface area contributed by atoms with Crippen molar-refractivity contribution in [3.05, 3.63) is 0 Å². The molecule has 0 aromatic carbocycles. The van der Waals surface area contributed by atoms with E-state index in [2.05, 4.69) is 15.4 Å². The Kier molecular flexibility index (Phi) is 7.85. The molecule has 0 aliphatic heterocycles. The van der Waals surface area contributed by atoms with E-state index < -0.39 is 35.4 Å². The van der Waals surface area contributed by atoms with Crippen LogP contribution in [-0.4, -0.2) is 49.1 Å². The molecule has 0 aliphatic rings. The molecular formula is C15H28N2O6. The Morgan fingerprint density at radius 2 is 1.39 bits per heavy atom. The maximum Gasteiger partial charge on any atom is 0.408 e. The minimum atomic E-state index is -0.926. The van der Waals surface area contributed by atoms with E-state index in [9.17, 15) is 14.4 Å². The van der Waals surface area contributed by atoms with Gasteiger partial charge in [-0.25, -0.2) is 14.4 Å². The molecule has 0 bridgehead atoms. The zero-order valence-electron chi connectivity index (χ0n) is 14.9. The molecule has 0 rings (SSSR count). The number of methoxy groups -OCH3 is 1. The number of hydrogen-bond acceptors (Lipinski definition) is 6. The highest BCUT2D eigenvalue weighted by Gasteiger charge is 2.25. The van der Waals surface area contributed by atoms with Crippen LogP contribution < -0.4 is 10.6 Å². The average molecular weight is 332 g/mol. The van der Waals surface area contributed by atoms with E-state index in [1.54, 1.807) is 41.5 Å². The van der Waals surface area contributed by atoms with Gasteiger partial charge >= 0.3 is 18.2 Å². The van der Waals surface area contributed by atoms with Crippen LogP contribution in [0.3, 0.4) is 0 Å². The third-order valence-corrected chi connectivity index (χ3v) is 2.28. The smallest absolute Gasteiger partial charge is 0.408 e. The number of alkyl carbamates (subject to hydrolysis) is 2. The summed E-state index contributed by atoms with van der Waals surface area (Å²) in [6.45, 7) is 10.5. The number of carbonyl (C=O) groups is 3. The number of nitrogens with one attached hydrogen (secondary N) is 2. The molecule has 0 aromatic rings. The number of hydrogen-bond donors (Lipinski definition) is 2. The molecule has 0 saturated carbocycles. The zero-order chi connectivity index (χ0) is 18.3. The normalized spacial score (nSPS) is 12.8. The van der Waals surface area contributed by atoms with Gasteiger partial charge in [0.2, 0.25) is 0 Å². The molecule has 23 heavy (non-hydrogen) atoms. The summed E-state index contributed by atoms with van der Waals surface area (Å²) in [5.41, 5.74) is -1.29. The van der Waals surface area contributed by atoms with Crippen molar-refractivity contribution in [2.24, 2.45) is 0 Å². The first-order valence-electron chi connectivity index (χ1n) is 7.38. The van der Waals surface area contributed by atoms with Gasteiger partial charge in [0.25, 0.3) is 0 Å². The van der Waals surface area contributed by atoms with Crippen LogP contribution in [0.15, 0.2) is 0 Å². The van der Waals surface area contributed by atoms with Gasteiger partial charge in [0, 0.05) is 6.54 Å². The van der Waals surface area contributed by atoms with Crippen LogP contribution in [0, 0.1) is 0 Å². The summed E-state index contributed by atoms with van der Waals surface area (Å²) in [7, 11) is 1.22. The predicted molar refractivity (Wildman–Crippen MR) is 84.0 cm³/mol. The lowest BCUT2D eigenvalue weighted by Crippen LogP contribution is -2.46. The Hall–Kier alpha value is -1.99. The fraction of sp³-hybridized carbons (Fsp3) is 0.800. The summed E-state index contributed by atoms with van der Waals surface area (Å²) < 4.78 is 14.8. The second-order valence-electron chi connectivity index (χ2n) is 6.94. The van der Waals surface area contributed by atoms with Crippen molar-refractivity contribution in [1.82, 2.24) is 10.6 Å². The summed E-state index contributed by atoms with van der Waals surface area (Å²) in [6, 6.07) is -0.926. The van der Waals surface area contributed by atoms with E-state index in [4.69, 9.17) is 9.47 Å². The van der Waals surface area contributed by atoms with Gasteiger partial charge in [-0.1, -0.05) is 0 Å². The van der Waals surface area contributed by atoms with Crippen molar-refractivity contribution in [1.29, 1.82) is 0 Å². The van der Waals surface area contributed by atoms with Gasteiger partial charge < -0.3 is 24.8 Å². The first-order valence-corrected chi connectivity index (χ1v) is 7.38. The van der Waals surface area contributed by atoms with Crippen molar-refractivity contribution < 1.29 is 28.6 Å². The molecule has 2 amide bonds. The molecule has 0 radical (unpaired) electrons. The van der Waals surface area contributed by atoms with E-state index in [1.807, 2.05) is 0 Å². The monoisotopic (exact) mass is 332 g/mol. The van der Waals surface area contributed by atoms with E-state index in [0.29, 0.717) is 0 Å². The predicted octanol–water partition coefficient (Wildman–Crippen LogP) is 1.97. The molecule has 0 fully saturated rings. The highest BCUT2D eigenvalue weighted by atomic mass is 16.6. The first kappa shape index (κ1) is 21.0. The minimum absolute atomic E-state index is 0.129. The molecule has 0 saturated heterocycles. The van der Waals surface area contributed by atoms with Gasteiger partial charge in [-0.15, -0.1) is 0 Å². The summed E-state index contributed by atoms with van der Waals surface area (Å²) >= 11 is 0. The standard InChI is InChI=1S/C15H28N2O6/c1-14(2,3)22-12(19)16-9-8-10(11(18)21-7)17-13(20)23-15(4,5)6/h10H,8-9H2,1-7H3,(H,16,19)(H,17,20). The SMILES string of the molecule is COC(=O)C(CCNC(=O)OC(C)(C)C)NC(=O)OC(C)(C)C. The summed E-state index contributed by atoms with van der Waals surface area (Å²) in [5.74, 6) is -0.623. The summed E-state index contributed by atoms with van der Waals surface area (Å²) in [5, 5.41) is 4.93. The van der Waals surface area contributed by atoms with Crippen LogP contribution in [0.5, 0.6) is 0 Å². The highest BCUT2D eigenvalue weighted by molar-refractivity contribution is 5.81. The molecule has 1 atom stereocenters. The molecule has 0 heterocycles. The largest absolute Gasteiger partial charge is 0.467 e.